The second-order valence-electron chi connectivity index (χ2n) is 6.45. The van der Waals surface area contributed by atoms with Crippen LogP contribution in [-0.4, -0.2) is 40.3 Å². The first kappa shape index (κ1) is 18.0. The van der Waals surface area contributed by atoms with E-state index in [1.807, 2.05) is 19.2 Å². The zero-order chi connectivity index (χ0) is 18.7. The van der Waals surface area contributed by atoms with Gasteiger partial charge in [0.15, 0.2) is 11.5 Å². The molecule has 1 unspecified atom stereocenters. The molecule has 1 amide bonds. The summed E-state index contributed by atoms with van der Waals surface area (Å²) in [6, 6.07) is 10.9. The van der Waals surface area contributed by atoms with E-state index in [0.29, 0.717) is 12.3 Å². The van der Waals surface area contributed by atoms with Crippen LogP contribution in [0.25, 0.3) is 0 Å². The summed E-state index contributed by atoms with van der Waals surface area (Å²) in [4.78, 5) is 14.8. The van der Waals surface area contributed by atoms with Crippen LogP contribution in [0.3, 0.4) is 0 Å². The van der Waals surface area contributed by atoms with Crippen LogP contribution in [0.1, 0.15) is 15.9 Å². The number of halogens is 1. The van der Waals surface area contributed by atoms with Gasteiger partial charge in [-0.2, -0.15) is 0 Å². The second kappa shape index (κ2) is 7.64. The van der Waals surface area contributed by atoms with Gasteiger partial charge in [0.05, 0.1) is 14.2 Å². The number of rotatable bonds is 5. The Labute approximate surface area is 152 Å². The number of benzene rings is 2. The Morgan fingerprint density at radius 1 is 1.23 bits per heavy atom. The van der Waals surface area contributed by atoms with Crippen molar-refractivity contribution in [3.8, 4) is 11.5 Å². The Kier molecular flexibility index (Phi) is 5.30. The summed E-state index contributed by atoms with van der Waals surface area (Å²) in [6.45, 7) is 1.28. The third-order valence-electron chi connectivity index (χ3n) is 4.72. The minimum Gasteiger partial charge on any atom is -0.493 e. The number of hydrogen-bond acceptors (Lipinski definition) is 4. The van der Waals surface area contributed by atoms with E-state index in [-0.39, 0.29) is 17.2 Å². The number of nitrogens with one attached hydrogen (secondary N) is 1. The number of carbonyl (C=O) groups is 1. The SMILES string of the molecule is COc1ccc(F)c(C(=O)NCC2Cc3ccccc3N(C)C2)c1OC. The zero-order valence-electron chi connectivity index (χ0n) is 15.2. The Bertz CT molecular complexity index is 810. The van der Waals surface area contributed by atoms with E-state index in [4.69, 9.17) is 9.47 Å². The van der Waals surface area contributed by atoms with Gasteiger partial charge in [0.1, 0.15) is 11.4 Å². The lowest BCUT2D eigenvalue weighted by molar-refractivity contribution is 0.0939. The largest absolute Gasteiger partial charge is 0.493 e. The van der Waals surface area contributed by atoms with E-state index in [1.165, 1.54) is 37.6 Å². The molecular formula is C20H23FN2O3. The van der Waals surface area contributed by atoms with Gasteiger partial charge in [-0.1, -0.05) is 18.2 Å². The van der Waals surface area contributed by atoms with Gasteiger partial charge in [-0.25, -0.2) is 4.39 Å². The molecule has 6 heteroatoms. The summed E-state index contributed by atoms with van der Waals surface area (Å²) in [5.74, 6) is -0.453. The molecule has 0 saturated carbocycles. The first-order valence-electron chi connectivity index (χ1n) is 8.52. The highest BCUT2D eigenvalue weighted by atomic mass is 19.1. The zero-order valence-corrected chi connectivity index (χ0v) is 15.2. The number of ether oxygens (including phenoxy) is 2. The number of amides is 1. The number of para-hydroxylation sites is 1. The predicted octanol–water partition coefficient (Wildman–Crippen LogP) is 2.88. The molecule has 1 N–H and O–H groups in total. The Morgan fingerprint density at radius 3 is 2.73 bits per heavy atom. The standard InChI is InChI=1S/C20H23FN2O3/c1-23-12-13(10-14-6-4-5-7-16(14)23)11-22-20(24)18-15(21)8-9-17(25-2)19(18)26-3/h4-9,13H,10-12H2,1-3H3,(H,22,24). The highest BCUT2D eigenvalue weighted by Gasteiger charge is 2.25. The molecule has 5 nitrogen and oxygen atoms in total. The van der Waals surface area contributed by atoms with E-state index in [2.05, 4.69) is 22.3 Å². The maximum Gasteiger partial charge on any atom is 0.258 e. The highest BCUT2D eigenvalue weighted by molar-refractivity contribution is 5.98. The molecule has 2 aromatic carbocycles. The highest BCUT2D eigenvalue weighted by Crippen LogP contribution is 2.33. The Balaban J connectivity index is 1.73. The first-order valence-corrected chi connectivity index (χ1v) is 8.52. The molecule has 0 saturated heterocycles. The molecule has 26 heavy (non-hydrogen) atoms. The van der Waals surface area contributed by atoms with E-state index in [1.54, 1.807) is 0 Å². The maximum absolute atomic E-state index is 14.2. The Hall–Kier alpha value is -2.76. The van der Waals surface area contributed by atoms with Crippen molar-refractivity contribution in [2.24, 2.45) is 5.92 Å². The van der Waals surface area contributed by atoms with Crippen molar-refractivity contribution >= 4 is 11.6 Å². The van der Waals surface area contributed by atoms with Crippen LogP contribution in [0.15, 0.2) is 36.4 Å². The van der Waals surface area contributed by atoms with Crippen molar-refractivity contribution in [3.05, 3.63) is 53.3 Å². The van der Waals surface area contributed by atoms with Crippen molar-refractivity contribution in [1.82, 2.24) is 5.32 Å². The number of methoxy groups -OCH3 is 2. The molecule has 0 spiro atoms. The van der Waals surface area contributed by atoms with Gasteiger partial charge in [-0.15, -0.1) is 0 Å². The lowest BCUT2D eigenvalue weighted by atomic mass is 9.92. The monoisotopic (exact) mass is 358 g/mol. The van der Waals surface area contributed by atoms with Gasteiger partial charge in [-0.3, -0.25) is 4.79 Å². The van der Waals surface area contributed by atoms with Gasteiger partial charge < -0.3 is 19.7 Å². The van der Waals surface area contributed by atoms with E-state index < -0.39 is 11.7 Å². The molecule has 1 aliphatic rings. The molecule has 0 radical (unpaired) electrons. The van der Waals surface area contributed by atoms with Gasteiger partial charge >= 0.3 is 0 Å². The maximum atomic E-state index is 14.2. The number of nitrogens with zero attached hydrogens (tertiary/aromatic N) is 1. The molecular weight excluding hydrogens is 335 g/mol. The number of fused-ring (bicyclic) bond motifs is 1. The smallest absolute Gasteiger partial charge is 0.258 e. The normalized spacial score (nSPS) is 16.0. The van der Waals surface area contributed by atoms with Crippen molar-refractivity contribution in [3.63, 3.8) is 0 Å². The Morgan fingerprint density at radius 2 is 2.00 bits per heavy atom. The molecule has 0 aliphatic carbocycles. The summed E-state index contributed by atoms with van der Waals surface area (Å²) >= 11 is 0. The summed E-state index contributed by atoms with van der Waals surface area (Å²) in [6.07, 6.45) is 0.874. The number of anilines is 1. The fourth-order valence-corrected chi connectivity index (χ4v) is 3.49. The van der Waals surface area contributed by atoms with Crippen LogP contribution in [0.2, 0.25) is 0 Å². The van der Waals surface area contributed by atoms with Crippen LogP contribution < -0.4 is 19.7 Å². The van der Waals surface area contributed by atoms with E-state index in [0.717, 1.165) is 13.0 Å². The average molecular weight is 358 g/mol. The van der Waals surface area contributed by atoms with Gasteiger partial charge in [-0.05, 0) is 36.1 Å². The molecule has 1 heterocycles. The summed E-state index contributed by atoms with van der Waals surface area (Å²) in [5, 5.41) is 2.85. The van der Waals surface area contributed by atoms with E-state index >= 15 is 0 Å². The minimum atomic E-state index is -0.633. The van der Waals surface area contributed by atoms with Crippen LogP contribution >= 0.6 is 0 Å². The molecule has 1 atom stereocenters. The summed E-state index contributed by atoms with van der Waals surface area (Å²) < 4.78 is 24.6. The molecule has 0 bridgehead atoms. The van der Waals surface area contributed by atoms with E-state index in [9.17, 15) is 9.18 Å². The van der Waals surface area contributed by atoms with Gasteiger partial charge in [0.2, 0.25) is 0 Å². The quantitative estimate of drug-likeness (QED) is 0.893. The van der Waals surface area contributed by atoms with Crippen LogP contribution in [0.5, 0.6) is 11.5 Å². The van der Waals surface area contributed by atoms with Crippen LogP contribution in [-0.2, 0) is 6.42 Å². The van der Waals surface area contributed by atoms with Crippen LogP contribution in [0, 0.1) is 11.7 Å². The molecule has 3 rings (SSSR count). The molecule has 1 aliphatic heterocycles. The number of hydrogen-bond donors (Lipinski definition) is 1. The van der Waals surface area contributed by atoms with Gasteiger partial charge in [0.25, 0.3) is 5.91 Å². The molecule has 2 aromatic rings. The first-order chi connectivity index (χ1) is 12.5. The second-order valence-corrected chi connectivity index (χ2v) is 6.45. The van der Waals surface area contributed by atoms with Crippen molar-refractivity contribution in [2.45, 2.75) is 6.42 Å². The fourth-order valence-electron chi connectivity index (χ4n) is 3.49. The third kappa shape index (κ3) is 3.45. The third-order valence-corrected chi connectivity index (χ3v) is 4.72. The van der Waals surface area contributed by atoms with Crippen molar-refractivity contribution in [2.75, 3.05) is 39.3 Å². The summed E-state index contributed by atoms with van der Waals surface area (Å²) in [7, 11) is 4.88. The average Bonchev–Trinajstić information content (AvgIpc) is 2.65. The lowest BCUT2D eigenvalue weighted by Gasteiger charge is -2.33. The molecule has 0 aromatic heterocycles. The van der Waals surface area contributed by atoms with Crippen LogP contribution in [0.4, 0.5) is 10.1 Å². The topological polar surface area (TPSA) is 50.8 Å². The van der Waals surface area contributed by atoms with Crippen molar-refractivity contribution in [1.29, 1.82) is 0 Å². The number of carbonyl (C=O) groups excluding carboxylic acids is 1. The fraction of sp³-hybridized carbons (Fsp3) is 0.350. The minimum absolute atomic E-state index is 0.108. The summed E-state index contributed by atoms with van der Waals surface area (Å²) in [5.41, 5.74) is 2.35. The predicted molar refractivity (Wildman–Crippen MR) is 98.7 cm³/mol. The molecule has 138 valence electrons. The molecule has 0 fully saturated rings. The lowest BCUT2D eigenvalue weighted by Crippen LogP contribution is -2.39. The van der Waals surface area contributed by atoms with Gasteiger partial charge in [0, 0.05) is 25.8 Å². The van der Waals surface area contributed by atoms with Crippen molar-refractivity contribution < 1.29 is 18.7 Å².